The van der Waals surface area contributed by atoms with E-state index in [4.69, 9.17) is 4.74 Å². The lowest BCUT2D eigenvalue weighted by Gasteiger charge is -2.19. The smallest absolute Gasteiger partial charge is 0.139 e. The fourth-order valence-corrected chi connectivity index (χ4v) is 2.49. The van der Waals surface area contributed by atoms with Gasteiger partial charge in [0.15, 0.2) is 0 Å². The van der Waals surface area contributed by atoms with Gasteiger partial charge in [0, 0.05) is 6.61 Å². The van der Waals surface area contributed by atoms with Gasteiger partial charge in [-0.25, -0.2) is 4.98 Å². The SMILES string of the molecule is Cc1cc2nc(C3(C)CCCO3)[nH]c2cc1C. The van der Waals surface area contributed by atoms with Crippen LogP contribution >= 0.6 is 0 Å². The third-order valence-electron chi connectivity index (χ3n) is 3.82. The van der Waals surface area contributed by atoms with Crippen molar-refractivity contribution in [3.05, 3.63) is 29.1 Å². The maximum Gasteiger partial charge on any atom is 0.139 e. The predicted molar refractivity (Wildman–Crippen MR) is 68.1 cm³/mol. The fraction of sp³-hybridized carbons (Fsp3) is 0.500. The van der Waals surface area contributed by atoms with Gasteiger partial charge in [-0.3, -0.25) is 0 Å². The van der Waals surface area contributed by atoms with Crippen molar-refractivity contribution in [3.63, 3.8) is 0 Å². The second-order valence-electron chi connectivity index (χ2n) is 5.22. The van der Waals surface area contributed by atoms with E-state index in [1.165, 1.54) is 11.1 Å². The Kier molecular flexibility index (Phi) is 2.26. The summed E-state index contributed by atoms with van der Waals surface area (Å²) in [5, 5.41) is 0. The van der Waals surface area contributed by atoms with E-state index >= 15 is 0 Å². The van der Waals surface area contributed by atoms with Crippen LogP contribution in [0.2, 0.25) is 0 Å². The van der Waals surface area contributed by atoms with Crippen molar-refractivity contribution in [2.75, 3.05) is 6.61 Å². The average molecular weight is 230 g/mol. The first-order valence-corrected chi connectivity index (χ1v) is 6.20. The van der Waals surface area contributed by atoms with Gasteiger partial charge in [-0.15, -0.1) is 0 Å². The number of aryl methyl sites for hydroxylation is 2. The number of ether oxygens (including phenoxy) is 1. The van der Waals surface area contributed by atoms with E-state index in [-0.39, 0.29) is 5.60 Å². The van der Waals surface area contributed by atoms with Crippen LogP contribution in [-0.2, 0) is 10.3 Å². The van der Waals surface area contributed by atoms with E-state index in [1.807, 2.05) is 0 Å². The summed E-state index contributed by atoms with van der Waals surface area (Å²) < 4.78 is 5.82. The zero-order valence-corrected chi connectivity index (χ0v) is 10.6. The summed E-state index contributed by atoms with van der Waals surface area (Å²) in [5.74, 6) is 0.968. The Bertz CT molecular complexity index is 526. The highest BCUT2D eigenvalue weighted by Crippen LogP contribution is 2.34. The molecule has 1 unspecified atom stereocenters. The molecule has 0 aliphatic carbocycles. The van der Waals surface area contributed by atoms with E-state index in [0.29, 0.717) is 0 Å². The molecule has 1 atom stereocenters. The first-order chi connectivity index (χ1) is 8.08. The van der Waals surface area contributed by atoms with Crippen molar-refractivity contribution < 1.29 is 4.74 Å². The summed E-state index contributed by atoms with van der Waals surface area (Å²) in [4.78, 5) is 8.10. The molecule has 1 aromatic heterocycles. The van der Waals surface area contributed by atoms with Gasteiger partial charge in [-0.2, -0.15) is 0 Å². The van der Waals surface area contributed by atoms with Crippen LogP contribution in [0.3, 0.4) is 0 Å². The van der Waals surface area contributed by atoms with E-state index in [0.717, 1.165) is 36.3 Å². The number of H-pyrrole nitrogens is 1. The van der Waals surface area contributed by atoms with Crippen LogP contribution in [0.4, 0.5) is 0 Å². The van der Waals surface area contributed by atoms with Crippen LogP contribution < -0.4 is 0 Å². The van der Waals surface area contributed by atoms with Crippen LogP contribution in [0.25, 0.3) is 11.0 Å². The second-order valence-corrected chi connectivity index (χ2v) is 5.22. The first kappa shape index (κ1) is 10.8. The van der Waals surface area contributed by atoms with Gasteiger partial charge < -0.3 is 9.72 Å². The van der Waals surface area contributed by atoms with Gasteiger partial charge in [0.25, 0.3) is 0 Å². The summed E-state index contributed by atoms with van der Waals surface area (Å²) in [6.45, 7) is 7.21. The molecule has 17 heavy (non-hydrogen) atoms. The van der Waals surface area contributed by atoms with E-state index < -0.39 is 0 Å². The minimum absolute atomic E-state index is 0.221. The molecular weight excluding hydrogens is 212 g/mol. The second kappa shape index (κ2) is 3.57. The van der Waals surface area contributed by atoms with Crippen molar-refractivity contribution in [2.45, 2.75) is 39.2 Å². The van der Waals surface area contributed by atoms with Crippen molar-refractivity contribution >= 4 is 11.0 Å². The number of aromatic nitrogens is 2. The lowest BCUT2D eigenvalue weighted by Crippen LogP contribution is -2.21. The van der Waals surface area contributed by atoms with Crippen LogP contribution in [0.5, 0.6) is 0 Å². The van der Waals surface area contributed by atoms with Crippen LogP contribution in [0, 0.1) is 13.8 Å². The Labute approximate surface area is 101 Å². The highest BCUT2D eigenvalue weighted by molar-refractivity contribution is 5.77. The Balaban J connectivity index is 2.13. The Morgan fingerprint density at radius 1 is 1.29 bits per heavy atom. The molecular formula is C14H18N2O. The highest BCUT2D eigenvalue weighted by atomic mass is 16.5. The zero-order chi connectivity index (χ0) is 12.0. The number of nitrogens with one attached hydrogen (secondary N) is 1. The maximum atomic E-state index is 5.82. The van der Waals surface area contributed by atoms with Gasteiger partial charge in [0.2, 0.25) is 0 Å². The molecule has 1 fully saturated rings. The topological polar surface area (TPSA) is 37.9 Å². The third kappa shape index (κ3) is 1.65. The van der Waals surface area contributed by atoms with Crippen molar-refractivity contribution in [3.8, 4) is 0 Å². The number of aromatic amines is 1. The summed E-state index contributed by atoms with van der Waals surface area (Å²) >= 11 is 0. The summed E-state index contributed by atoms with van der Waals surface area (Å²) in [5.41, 5.74) is 4.51. The van der Waals surface area contributed by atoms with Crippen molar-refractivity contribution in [1.29, 1.82) is 0 Å². The minimum Gasteiger partial charge on any atom is -0.367 e. The molecule has 1 N–H and O–H groups in total. The molecule has 0 spiro atoms. The van der Waals surface area contributed by atoms with Gasteiger partial charge in [0.1, 0.15) is 11.4 Å². The molecule has 0 bridgehead atoms. The molecule has 0 saturated carbocycles. The molecule has 3 rings (SSSR count). The Hall–Kier alpha value is -1.35. The molecule has 1 saturated heterocycles. The quantitative estimate of drug-likeness (QED) is 0.817. The van der Waals surface area contributed by atoms with Gasteiger partial charge in [-0.05, 0) is 56.9 Å². The van der Waals surface area contributed by atoms with Crippen LogP contribution in [0.15, 0.2) is 12.1 Å². The summed E-state index contributed by atoms with van der Waals surface area (Å²) in [6.07, 6.45) is 2.16. The third-order valence-corrected chi connectivity index (χ3v) is 3.82. The van der Waals surface area contributed by atoms with Gasteiger partial charge in [-0.1, -0.05) is 0 Å². The molecule has 1 aromatic carbocycles. The lowest BCUT2D eigenvalue weighted by molar-refractivity contribution is 0.0103. The van der Waals surface area contributed by atoms with Gasteiger partial charge in [0.05, 0.1) is 11.0 Å². The molecule has 1 aliphatic rings. The van der Waals surface area contributed by atoms with E-state index in [2.05, 4.69) is 42.9 Å². The van der Waals surface area contributed by atoms with Crippen LogP contribution in [0.1, 0.15) is 36.7 Å². The Morgan fingerprint density at radius 3 is 2.76 bits per heavy atom. The maximum absolute atomic E-state index is 5.82. The monoisotopic (exact) mass is 230 g/mol. The number of rotatable bonds is 1. The molecule has 90 valence electrons. The minimum atomic E-state index is -0.221. The van der Waals surface area contributed by atoms with E-state index in [9.17, 15) is 0 Å². The largest absolute Gasteiger partial charge is 0.367 e. The molecule has 0 amide bonds. The van der Waals surface area contributed by atoms with Crippen LogP contribution in [-0.4, -0.2) is 16.6 Å². The number of hydrogen-bond acceptors (Lipinski definition) is 2. The fourth-order valence-electron chi connectivity index (χ4n) is 2.49. The van der Waals surface area contributed by atoms with Crippen molar-refractivity contribution in [2.24, 2.45) is 0 Å². The Morgan fingerprint density at radius 2 is 2.06 bits per heavy atom. The van der Waals surface area contributed by atoms with Crippen molar-refractivity contribution in [1.82, 2.24) is 9.97 Å². The number of benzene rings is 1. The standard InChI is InChI=1S/C14H18N2O/c1-9-7-11-12(8-10(9)2)16-13(15-11)14(3)5-4-6-17-14/h7-8H,4-6H2,1-3H3,(H,15,16). The summed E-state index contributed by atoms with van der Waals surface area (Å²) in [7, 11) is 0. The number of imidazole rings is 1. The lowest BCUT2D eigenvalue weighted by atomic mass is 10.0. The molecule has 3 nitrogen and oxygen atoms in total. The average Bonchev–Trinajstić information content (AvgIpc) is 2.87. The first-order valence-electron chi connectivity index (χ1n) is 6.20. The summed E-state index contributed by atoms with van der Waals surface area (Å²) in [6, 6.07) is 4.31. The molecule has 2 heterocycles. The molecule has 3 heteroatoms. The normalized spacial score (nSPS) is 24.6. The van der Waals surface area contributed by atoms with E-state index in [1.54, 1.807) is 0 Å². The number of hydrogen-bond donors (Lipinski definition) is 1. The predicted octanol–water partition coefficient (Wildman–Crippen LogP) is 3.21. The molecule has 2 aromatic rings. The number of nitrogens with zero attached hydrogens (tertiary/aromatic N) is 1. The molecule has 0 radical (unpaired) electrons. The molecule has 1 aliphatic heterocycles. The number of fused-ring (bicyclic) bond motifs is 1. The highest BCUT2D eigenvalue weighted by Gasteiger charge is 2.34. The zero-order valence-electron chi connectivity index (χ0n) is 10.6. The van der Waals surface area contributed by atoms with Gasteiger partial charge >= 0.3 is 0 Å².